The Morgan fingerprint density at radius 2 is 2.00 bits per heavy atom. The standard InChI is InChI=1S/C12H24N2/c1-14(11-4-2-5-11)9-8-12(10-13)6-3-7-12/h11H,2-10,13H2,1H3. The van der Waals surface area contributed by atoms with E-state index < -0.39 is 0 Å². The Morgan fingerprint density at radius 1 is 1.29 bits per heavy atom. The Balaban J connectivity index is 1.69. The van der Waals surface area contributed by atoms with Crippen molar-refractivity contribution in [3.63, 3.8) is 0 Å². The van der Waals surface area contributed by atoms with Gasteiger partial charge in [-0.1, -0.05) is 12.8 Å². The summed E-state index contributed by atoms with van der Waals surface area (Å²) in [6, 6.07) is 0.893. The summed E-state index contributed by atoms with van der Waals surface area (Å²) in [7, 11) is 2.28. The Kier molecular flexibility index (Phi) is 3.13. The van der Waals surface area contributed by atoms with Crippen molar-refractivity contribution in [1.29, 1.82) is 0 Å². The molecule has 0 aromatic rings. The number of hydrogen-bond acceptors (Lipinski definition) is 2. The molecule has 0 amide bonds. The Bertz CT molecular complexity index is 177. The fourth-order valence-electron chi connectivity index (χ4n) is 2.66. The predicted molar refractivity (Wildman–Crippen MR) is 60.2 cm³/mol. The van der Waals surface area contributed by atoms with Crippen molar-refractivity contribution >= 4 is 0 Å². The second-order valence-corrected chi connectivity index (χ2v) is 5.37. The lowest BCUT2D eigenvalue weighted by molar-refractivity contribution is 0.0848. The van der Waals surface area contributed by atoms with Gasteiger partial charge in [0.25, 0.3) is 0 Å². The maximum Gasteiger partial charge on any atom is 0.00922 e. The van der Waals surface area contributed by atoms with Gasteiger partial charge in [-0.15, -0.1) is 0 Å². The Morgan fingerprint density at radius 3 is 2.36 bits per heavy atom. The van der Waals surface area contributed by atoms with E-state index in [9.17, 15) is 0 Å². The van der Waals surface area contributed by atoms with Gasteiger partial charge in [0.05, 0.1) is 0 Å². The molecular formula is C12H24N2. The minimum absolute atomic E-state index is 0.540. The van der Waals surface area contributed by atoms with Crippen molar-refractivity contribution in [2.75, 3.05) is 20.1 Å². The van der Waals surface area contributed by atoms with Crippen molar-refractivity contribution in [2.24, 2.45) is 11.1 Å². The van der Waals surface area contributed by atoms with Gasteiger partial charge in [0.1, 0.15) is 0 Å². The van der Waals surface area contributed by atoms with E-state index in [1.165, 1.54) is 51.5 Å². The Labute approximate surface area is 87.8 Å². The summed E-state index contributed by atoms with van der Waals surface area (Å²) < 4.78 is 0. The average Bonchev–Trinajstić information content (AvgIpc) is 2.00. The normalized spacial score (nSPS) is 25.9. The van der Waals surface area contributed by atoms with Crippen molar-refractivity contribution in [3.05, 3.63) is 0 Å². The molecule has 0 heterocycles. The van der Waals surface area contributed by atoms with Crippen LogP contribution in [0.15, 0.2) is 0 Å². The monoisotopic (exact) mass is 196 g/mol. The third-order valence-electron chi connectivity index (χ3n) is 4.54. The summed E-state index contributed by atoms with van der Waals surface area (Å²) in [4.78, 5) is 2.55. The summed E-state index contributed by atoms with van der Waals surface area (Å²) in [5.74, 6) is 0. The molecule has 0 spiro atoms. The number of rotatable bonds is 5. The van der Waals surface area contributed by atoms with Crippen LogP contribution in [0.1, 0.15) is 44.9 Å². The second-order valence-electron chi connectivity index (χ2n) is 5.37. The molecule has 2 fully saturated rings. The minimum atomic E-state index is 0.540. The van der Waals surface area contributed by atoms with Crippen molar-refractivity contribution < 1.29 is 0 Å². The van der Waals surface area contributed by atoms with Gasteiger partial charge in [0.15, 0.2) is 0 Å². The molecule has 0 unspecified atom stereocenters. The lowest BCUT2D eigenvalue weighted by Gasteiger charge is -2.43. The third kappa shape index (κ3) is 1.96. The summed E-state index contributed by atoms with van der Waals surface area (Å²) >= 11 is 0. The van der Waals surface area contributed by atoms with Crippen LogP contribution >= 0.6 is 0 Å². The van der Waals surface area contributed by atoms with Gasteiger partial charge in [0, 0.05) is 6.04 Å². The molecule has 2 aliphatic carbocycles. The summed E-state index contributed by atoms with van der Waals surface area (Å²) in [6.07, 6.45) is 9.78. The molecule has 2 nitrogen and oxygen atoms in total. The fraction of sp³-hybridized carbons (Fsp3) is 1.00. The van der Waals surface area contributed by atoms with Gasteiger partial charge in [-0.2, -0.15) is 0 Å². The van der Waals surface area contributed by atoms with Crippen LogP contribution in [-0.2, 0) is 0 Å². The van der Waals surface area contributed by atoms with Crippen LogP contribution < -0.4 is 5.73 Å². The lowest BCUT2D eigenvalue weighted by Crippen LogP contribution is -2.43. The lowest BCUT2D eigenvalue weighted by atomic mass is 9.66. The fourth-order valence-corrected chi connectivity index (χ4v) is 2.66. The first-order chi connectivity index (χ1) is 6.76. The van der Waals surface area contributed by atoms with Gasteiger partial charge < -0.3 is 10.6 Å². The highest BCUT2D eigenvalue weighted by molar-refractivity contribution is 4.90. The quantitative estimate of drug-likeness (QED) is 0.728. The van der Waals surface area contributed by atoms with Crippen LogP contribution in [0, 0.1) is 5.41 Å². The van der Waals surface area contributed by atoms with E-state index in [4.69, 9.17) is 5.73 Å². The zero-order chi connectivity index (χ0) is 10.0. The van der Waals surface area contributed by atoms with Crippen LogP contribution in [0.4, 0.5) is 0 Å². The number of nitrogens with two attached hydrogens (primary N) is 1. The zero-order valence-electron chi connectivity index (χ0n) is 9.47. The molecule has 0 saturated heterocycles. The first-order valence-electron chi connectivity index (χ1n) is 6.16. The molecule has 82 valence electrons. The molecule has 0 aliphatic heterocycles. The molecule has 2 rings (SSSR count). The van der Waals surface area contributed by atoms with Gasteiger partial charge in [-0.25, -0.2) is 0 Å². The highest BCUT2D eigenvalue weighted by Crippen LogP contribution is 2.43. The maximum absolute atomic E-state index is 5.86. The molecule has 2 saturated carbocycles. The van der Waals surface area contributed by atoms with E-state index in [2.05, 4.69) is 11.9 Å². The summed E-state index contributed by atoms with van der Waals surface area (Å²) in [6.45, 7) is 2.17. The van der Waals surface area contributed by atoms with Crippen LogP contribution in [0.2, 0.25) is 0 Å². The van der Waals surface area contributed by atoms with Crippen LogP contribution in [-0.4, -0.2) is 31.1 Å². The molecule has 0 aromatic heterocycles. The maximum atomic E-state index is 5.86. The van der Waals surface area contributed by atoms with Crippen molar-refractivity contribution in [1.82, 2.24) is 4.90 Å². The summed E-state index contributed by atoms with van der Waals surface area (Å²) in [5, 5.41) is 0. The largest absolute Gasteiger partial charge is 0.330 e. The van der Waals surface area contributed by atoms with Gasteiger partial charge in [0.2, 0.25) is 0 Å². The average molecular weight is 196 g/mol. The van der Waals surface area contributed by atoms with E-state index in [0.29, 0.717) is 5.41 Å². The summed E-state index contributed by atoms with van der Waals surface area (Å²) in [5.41, 5.74) is 6.40. The van der Waals surface area contributed by atoms with E-state index in [1.54, 1.807) is 0 Å². The topological polar surface area (TPSA) is 29.3 Å². The van der Waals surface area contributed by atoms with E-state index >= 15 is 0 Å². The highest BCUT2D eigenvalue weighted by Gasteiger charge is 2.35. The molecule has 2 N–H and O–H groups in total. The van der Waals surface area contributed by atoms with Gasteiger partial charge in [-0.3, -0.25) is 0 Å². The van der Waals surface area contributed by atoms with Crippen LogP contribution in [0.25, 0.3) is 0 Å². The first-order valence-corrected chi connectivity index (χ1v) is 6.16. The molecule has 0 aromatic carbocycles. The third-order valence-corrected chi connectivity index (χ3v) is 4.54. The van der Waals surface area contributed by atoms with Crippen LogP contribution in [0.3, 0.4) is 0 Å². The predicted octanol–water partition coefficient (Wildman–Crippen LogP) is 1.99. The van der Waals surface area contributed by atoms with Gasteiger partial charge >= 0.3 is 0 Å². The van der Waals surface area contributed by atoms with Gasteiger partial charge in [-0.05, 0) is 57.7 Å². The SMILES string of the molecule is CN(CCC1(CN)CCC1)C1CCC1. The number of hydrogen-bond donors (Lipinski definition) is 1. The Hall–Kier alpha value is -0.0800. The molecule has 14 heavy (non-hydrogen) atoms. The molecule has 0 bridgehead atoms. The highest BCUT2D eigenvalue weighted by atomic mass is 15.1. The first kappa shape index (κ1) is 10.4. The smallest absolute Gasteiger partial charge is 0.00922 e. The van der Waals surface area contributed by atoms with Crippen molar-refractivity contribution in [2.45, 2.75) is 51.0 Å². The molecule has 0 radical (unpaired) electrons. The van der Waals surface area contributed by atoms with Crippen molar-refractivity contribution in [3.8, 4) is 0 Å². The minimum Gasteiger partial charge on any atom is -0.330 e. The molecular weight excluding hydrogens is 172 g/mol. The zero-order valence-corrected chi connectivity index (χ0v) is 9.47. The molecule has 2 heteroatoms. The van der Waals surface area contributed by atoms with E-state index in [0.717, 1.165) is 12.6 Å². The van der Waals surface area contributed by atoms with E-state index in [1.807, 2.05) is 0 Å². The molecule has 0 atom stereocenters. The second kappa shape index (κ2) is 4.19. The number of nitrogens with zero attached hydrogens (tertiary/aromatic N) is 1. The van der Waals surface area contributed by atoms with E-state index in [-0.39, 0.29) is 0 Å². The molecule has 2 aliphatic rings. The van der Waals surface area contributed by atoms with Crippen LogP contribution in [0.5, 0.6) is 0 Å².